The molecule has 0 unspecified atom stereocenters. The number of hydrogen-bond donors (Lipinski definition) is 0. The molecule has 0 aromatic heterocycles. The van der Waals surface area contributed by atoms with E-state index in [2.05, 4.69) is 4.74 Å². The first kappa shape index (κ1) is 17.1. The summed E-state index contributed by atoms with van der Waals surface area (Å²) in [7, 11) is 0. The summed E-state index contributed by atoms with van der Waals surface area (Å²) in [5, 5.41) is 0. The van der Waals surface area contributed by atoms with Crippen molar-refractivity contribution >= 4 is 17.5 Å². The molecule has 4 saturated carbocycles. The second-order valence-corrected chi connectivity index (χ2v) is 7.39. The molecular weight excluding hydrogens is 284 g/mol. The monoisotopic (exact) mass is 310 g/mol. The van der Waals surface area contributed by atoms with Crippen molar-refractivity contribution in [3.8, 4) is 0 Å². The van der Waals surface area contributed by atoms with Gasteiger partial charge in [-0.2, -0.15) is 0 Å². The number of ether oxygens (including phenoxy) is 1. The largest absolute Gasteiger partial charge is 0.460 e. The molecule has 0 radical (unpaired) electrons. The van der Waals surface area contributed by atoms with Gasteiger partial charge in [-0.1, -0.05) is 0 Å². The predicted octanol–water partition coefficient (Wildman–Crippen LogP) is 1.86. The van der Waals surface area contributed by atoms with Crippen LogP contribution < -0.4 is 0 Å². The molecule has 5 nitrogen and oxygen atoms in total. The summed E-state index contributed by atoms with van der Waals surface area (Å²) in [6.07, 6.45) is 8.77. The molecule has 5 heteroatoms. The predicted molar refractivity (Wildman–Crippen MR) is 80.1 cm³/mol. The quantitative estimate of drug-likeness (QED) is 0.425. The summed E-state index contributed by atoms with van der Waals surface area (Å²) >= 11 is 0. The van der Waals surface area contributed by atoms with Crippen molar-refractivity contribution in [1.29, 1.82) is 0 Å². The van der Waals surface area contributed by atoms with Crippen LogP contribution in [0.2, 0.25) is 0 Å². The van der Waals surface area contributed by atoms with Gasteiger partial charge in [0, 0.05) is 6.42 Å². The lowest BCUT2D eigenvalue weighted by Gasteiger charge is -2.57. The highest BCUT2D eigenvalue weighted by Crippen LogP contribution is 2.61. The van der Waals surface area contributed by atoms with E-state index in [0.717, 1.165) is 24.2 Å². The number of esters is 1. The molecule has 0 spiro atoms. The summed E-state index contributed by atoms with van der Waals surface area (Å²) in [6.45, 7) is 1.76. The Bertz CT molecular complexity index is 432. The molecule has 0 amide bonds. The van der Waals surface area contributed by atoms with E-state index in [1.54, 1.807) is 6.92 Å². The van der Waals surface area contributed by atoms with Crippen LogP contribution in [0.15, 0.2) is 0 Å². The Morgan fingerprint density at radius 1 is 1.00 bits per heavy atom. The first-order valence-corrected chi connectivity index (χ1v) is 8.25. The van der Waals surface area contributed by atoms with E-state index in [0.29, 0.717) is 0 Å². The first-order chi connectivity index (χ1) is 10.0. The standard InChI is InChI=1S/C17H24O4.H2O/c1-2-21-16(20)15(19)14(18)3-4-17-8-11-5-12(9-17)7-13(6-11)10-17;/h11-13H,2-10H2,1H3;1H2. The van der Waals surface area contributed by atoms with Crippen LogP contribution in [0.5, 0.6) is 0 Å². The van der Waals surface area contributed by atoms with Gasteiger partial charge in [-0.15, -0.1) is 0 Å². The first-order valence-electron chi connectivity index (χ1n) is 8.25. The molecule has 0 atom stereocenters. The van der Waals surface area contributed by atoms with Crippen molar-refractivity contribution in [3.63, 3.8) is 0 Å². The highest BCUT2D eigenvalue weighted by Gasteiger charge is 2.50. The zero-order valence-electron chi connectivity index (χ0n) is 13.2. The van der Waals surface area contributed by atoms with Gasteiger partial charge in [-0.3, -0.25) is 9.59 Å². The highest BCUT2D eigenvalue weighted by atomic mass is 16.5. The van der Waals surface area contributed by atoms with Gasteiger partial charge in [0.2, 0.25) is 5.78 Å². The summed E-state index contributed by atoms with van der Waals surface area (Å²) in [5.41, 5.74) is 0.277. The van der Waals surface area contributed by atoms with Crippen molar-refractivity contribution in [2.45, 2.75) is 58.3 Å². The second-order valence-electron chi connectivity index (χ2n) is 7.39. The third kappa shape index (κ3) is 3.24. The Morgan fingerprint density at radius 3 is 1.95 bits per heavy atom. The fraction of sp³-hybridized carbons (Fsp3) is 0.824. The maximum atomic E-state index is 11.9. The van der Waals surface area contributed by atoms with Crippen LogP contribution in [-0.2, 0) is 19.1 Å². The van der Waals surface area contributed by atoms with E-state index >= 15 is 0 Å². The average Bonchev–Trinajstić information content (AvgIpc) is 2.43. The molecule has 0 heterocycles. The number of carbonyl (C=O) groups is 3. The Kier molecular flexibility index (Phi) is 5.05. The van der Waals surface area contributed by atoms with Gasteiger partial charge >= 0.3 is 11.8 Å². The summed E-state index contributed by atoms with van der Waals surface area (Å²) < 4.78 is 4.61. The second kappa shape index (κ2) is 6.49. The SMILES string of the molecule is CCOC(=O)C(=O)C(=O)CCC12CC3CC(CC(C3)C1)C2.O. The highest BCUT2D eigenvalue weighted by molar-refractivity contribution is 6.62. The van der Waals surface area contributed by atoms with E-state index in [1.807, 2.05) is 0 Å². The van der Waals surface area contributed by atoms with Crippen LogP contribution in [-0.4, -0.2) is 29.6 Å². The fourth-order valence-electron chi connectivity index (χ4n) is 5.40. The Balaban J connectivity index is 0.00000176. The Labute approximate surface area is 131 Å². The molecule has 4 fully saturated rings. The average molecular weight is 310 g/mol. The van der Waals surface area contributed by atoms with E-state index in [4.69, 9.17) is 0 Å². The number of hydrogen-bond acceptors (Lipinski definition) is 4. The van der Waals surface area contributed by atoms with Gasteiger partial charge in [0.25, 0.3) is 0 Å². The van der Waals surface area contributed by atoms with Crippen molar-refractivity contribution < 1.29 is 24.6 Å². The van der Waals surface area contributed by atoms with Gasteiger partial charge in [-0.25, -0.2) is 4.79 Å². The molecule has 4 aliphatic rings. The van der Waals surface area contributed by atoms with E-state index in [-0.39, 0.29) is 23.9 Å². The van der Waals surface area contributed by atoms with Crippen LogP contribution in [0.1, 0.15) is 58.3 Å². The fourth-order valence-corrected chi connectivity index (χ4v) is 5.40. The molecule has 22 heavy (non-hydrogen) atoms. The van der Waals surface area contributed by atoms with E-state index < -0.39 is 17.5 Å². The van der Waals surface area contributed by atoms with Gasteiger partial charge in [-0.05, 0) is 75.0 Å². The third-order valence-electron chi connectivity index (χ3n) is 5.76. The molecule has 2 N–H and O–H groups in total. The number of carbonyl (C=O) groups excluding carboxylic acids is 3. The Hall–Kier alpha value is -1.23. The molecule has 0 aromatic carbocycles. The minimum atomic E-state index is -0.993. The number of ketones is 2. The van der Waals surface area contributed by atoms with Gasteiger partial charge in [0.05, 0.1) is 6.61 Å². The smallest absolute Gasteiger partial charge is 0.382 e. The molecule has 4 bridgehead atoms. The van der Waals surface area contributed by atoms with Gasteiger partial charge in [0.1, 0.15) is 0 Å². The van der Waals surface area contributed by atoms with Crippen LogP contribution in [0, 0.1) is 23.2 Å². The van der Waals surface area contributed by atoms with Crippen molar-refractivity contribution in [2.75, 3.05) is 6.61 Å². The molecular formula is C17H26O5. The zero-order chi connectivity index (χ0) is 15.0. The number of Topliss-reactive ketones (excluding diaryl/α,β-unsaturated/α-hetero) is 2. The summed E-state index contributed by atoms with van der Waals surface area (Å²) in [6, 6.07) is 0. The van der Waals surface area contributed by atoms with Crippen molar-refractivity contribution in [3.05, 3.63) is 0 Å². The lowest BCUT2D eigenvalue weighted by molar-refractivity contribution is -0.156. The third-order valence-corrected chi connectivity index (χ3v) is 5.76. The minimum Gasteiger partial charge on any atom is -0.460 e. The van der Waals surface area contributed by atoms with Crippen LogP contribution in [0.25, 0.3) is 0 Å². The molecule has 124 valence electrons. The molecule has 4 aliphatic carbocycles. The molecule has 4 rings (SSSR count). The molecule has 0 saturated heterocycles. The number of rotatable bonds is 6. The van der Waals surface area contributed by atoms with Gasteiger partial charge in [0.15, 0.2) is 0 Å². The zero-order valence-corrected chi connectivity index (χ0v) is 13.2. The Morgan fingerprint density at radius 2 is 1.50 bits per heavy atom. The van der Waals surface area contributed by atoms with Crippen LogP contribution in [0.3, 0.4) is 0 Å². The van der Waals surface area contributed by atoms with Crippen molar-refractivity contribution in [2.24, 2.45) is 23.2 Å². The van der Waals surface area contributed by atoms with Crippen LogP contribution >= 0.6 is 0 Å². The van der Waals surface area contributed by atoms with Gasteiger partial charge < -0.3 is 10.2 Å². The maximum absolute atomic E-state index is 11.9. The lowest BCUT2D eigenvalue weighted by atomic mass is 9.48. The molecule has 0 aromatic rings. The topological polar surface area (TPSA) is 91.9 Å². The van der Waals surface area contributed by atoms with Crippen LogP contribution in [0.4, 0.5) is 0 Å². The summed E-state index contributed by atoms with van der Waals surface area (Å²) in [4.78, 5) is 34.8. The maximum Gasteiger partial charge on any atom is 0.382 e. The van der Waals surface area contributed by atoms with E-state index in [1.165, 1.54) is 38.5 Å². The molecule has 0 aliphatic heterocycles. The minimum absolute atomic E-state index is 0. The summed E-state index contributed by atoms with van der Waals surface area (Å²) in [5.74, 6) is -0.00915. The van der Waals surface area contributed by atoms with Crippen molar-refractivity contribution in [1.82, 2.24) is 0 Å². The normalized spacial score (nSPS) is 34.9. The van der Waals surface area contributed by atoms with E-state index in [9.17, 15) is 14.4 Å². The lowest BCUT2D eigenvalue weighted by Crippen LogP contribution is -2.46.